The first kappa shape index (κ1) is 16.9. The third-order valence-corrected chi connectivity index (χ3v) is 5.20. The first-order valence-electron chi connectivity index (χ1n) is 8.51. The summed E-state index contributed by atoms with van der Waals surface area (Å²) in [6.45, 7) is 10.6. The van der Waals surface area contributed by atoms with Crippen LogP contribution in [0, 0.1) is 12.8 Å². The van der Waals surface area contributed by atoms with Crippen LogP contribution in [-0.4, -0.2) is 10.2 Å². The molecule has 0 bridgehead atoms. The minimum atomic E-state index is 0.0587. The van der Waals surface area contributed by atoms with Gasteiger partial charge in [0, 0.05) is 5.56 Å². The number of allylic oxidation sites excluding steroid dienone is 2. The lowest BCUT2D eigenvalue weighted by Gasteiger charge is -2.34. The van der Waals surface area contributed by atoms with Gasteiger partial charge in [0.15, 0.2) is 11.5 Å². The highest BCUT2D eigenvalue weighted by Gasteiger charge is 2.32. The minimum absolute atomic E-state index is 0.0587. The number of rotatable bonds is 4. The van der Waals surface area contributed by atoms with Gasteiger partial charge in [-0.1, -0.05) is 31.6 Å². The molecule has 2 heteroatoms. The Morgan fingerprint density at radius 1 is 1.27 bits per heavy atom. The first-order valence-corrected chi connectivity index (χ1v) is 8.51. The monoisotopic (exact) mass is 302 g/mol. The van der Waals surface area contributed by atoms with Crippen LogP contribution >= 0.6 is 0 Å². The highest BCUT2D eigenvalue weighted by atomic mass is 16.3. The maximum atomic E-state index is 10.4. The molecule has 0 radical (unpaired) electrons. The molecule has 2 nitrogen and oxygen atoms in total. The van der Waals surface area contributed by atoms with Crippen LogP contribution in [0.15, 0.2) is 17.7 Å². The van der Waals surface area contributed by atoms with Crippen LogP contribution in [0.4, 0.5) is 0 Å². The SMILES string of the molecule is CC(C)=CCCC(C)[C@@H]1CCC(C)c2c1cc(C)c(O)c2O. The molecule has 2 N–H and O–H groups in total. The fraction of sp³-hybridized carbons (Fsp3) is 0.600. The van der Waals surface area contributed by atoms with Crippen molar-refractivity contribution >= 4 is 0 Å². The van der Waals surface area contributed by atoms with Crippen LogP contribution in [0.2, 0.25) is 0 Å². The largest absolute Gasteiger partial charge is 0.504 e. The van der Waals surface area contributed by atoms with Gasteiger partial charge in [0.05, 0.1) is 0 Å². The van der Waals surface area contributed by atoms with E-state index in [0.717, 1.165) is 24.0 Å². The van der Waals surface area contributed by atoms with Gasteiger partial charge < -0.3 is 10.2 Å². The molecule has 0 fully saturated rings. The summed E-state index contributed by atoms with van der Waals surface area (Å²) in [5.41, 5.74) is 4.40. The van der Waals surface area contributed by atoms with Gasteiger partial charge in [0.1, 0.15) is 0 Å². The van der Waals surface area contributed by atoms with E-state index in [1.807, 2.05) is 6.92 Å². The number of benzene rings is 1. The Kier molecular flexibility index (Phi) is 5.20. The van der Waals surface area contributed by atoms with Crippen LogP contribution in [0.1, 0.15) is 81.9 Å². The minimum Gasteiger partial charge on any atom is -0.504 e. The first-order chi connectivity index (χ1) is 10.3. The van der Waals surface area contributed by atoms with Crippen molar-refractivity contribution in [2.75, 3.05) is 0 Å². The molecule has 122 valence electrons. The lowest BCUT2D eigenvalue weighted by Crippen LogP contribution is -2.19. The Balaban J connectivity index is 2.30. The number of hydrogen-bond donors (Lipinski definition) is 2. The second kappa shape index (κ2) is 6.76. The van der Waals surface area contributed by atoms with Gasteiger partial charge >= 0.3 is 0 Å². The van der Waals surface area contributed by atoms with Crippen molar-refractivity contribution in [2.45, 2.75) is 72.1 Å². The van der Waals surface area contributed by atoms with Gasteiger partial charge in [0.25, 0.3) is 0 Å². The predicted octanol–water partition coefficient (Wildman–Crippen LogP) is 5.77. The number of phenols is 2. The third-order valence-electron chi connectivity index (χ3n) is 5.20. The maximum absolute atomic E-state index is 10.4. The van der Waals surface area contributed by atoms with Crippen LogP contribution in [0.25, 0.3) is 0 Å². The van der Waals surface area contributed by atoms with Crippen molar-refractivity contribution < 1.29 is 10.2 Å². The number of phenolic OH excluding ortho intramolecular Hbond substituents is 2. The molecular weight excluding hydrogens is 272 g/mol. The summed E-state index contributed by atoms with van der Waals surface area (Å²) < 4.78 is 0. The average molecular weight is 302 g/mol. The van der Waals surface area contributed by atoms with Crippen LogP contribution in [0.5, 0.6) is 11.5 Å². The van der Waals surface area contributed by atoms with Crippen molar-refractivity contribution in [3.8, 4) is 11.5 Å². The van der Waals surface area contributed by atoms with Crippen LogP contribution in [0.3, 0.4) is 0 Å². The van der Waals surface area contributed by atoms with E-state index < -0.39 is 0 Å². The highest BCUT2D eigenvalue weighted by Crippen LogP contribution is 2.50. The predicted molar refractivity (Wildman–Crippen MR) is 92.7 cm³/mol. The van der Waals surface area contributed by atoms with Crippen molar-refractivity contribution in [3.05, 3.63) is 34.4 Å². The maximum Gasteiger partial charge on any atom is 0.161 e. The summed E-state index contributed by atoms with van der Waals surface area (Å²) in [6, 6.07) is 2.10. The van der Waals surface area contributed by atoms with Gasteiger partial charge in [-0.05, 0) is 75.3 Å². The number of aryl methyl sites for hydroxylation is 1. The van der Waals surface area contributed by atoms with Gasteiger partial charge in [-0.15, -0.1) is 0 Å². The number of aromatic hydroxyl groups is 2. The van der Waals surface area contributed by atoms with E-state index in [0.29, 0.717) is 17.8 Å². The summed E-state index contributed by atoms with van der Waals surface area (Å²) in [6.07, 6.45) is 6.86. The van der Waals surface area contributed by atoms with Crippen LogP contribution in [-0.2, 0) is 0 Å². The lowest BCUT2D eigenvalue weighted by molar-refractivity contribution is 0.350. The molecule has 1 aliphatic rings. The summed E-state index contributed by atoms with van der Waals surface area (Å²) in [7, 11) is 0. The number of hydrogen-bond acceptors (Lipinski definition) is 2. The zero-order valence-corrected chi connectivity index (χ0v) is 14.6. The Morgan fingerprint density at radius 3 is 2.59 bits per heavy atom. The van der Waals surface area contributed by atoms with E-state index in [2.05, 4.69) is 39.8 Å². The number of fused-ring (bicyclic) bond motifs is 1. The fourth-order valence-electron chi connectivity index (χ4n) is 3.81. The normalized spacial score (nSPS) is 22.0. The van der Waals surface area contributed by atoms with E-state index in [1.165, 1.54) is 24.0 Å². The molecule has 2 unspecified atom stereocenters. The summed E-state index contributed by atoms with van der Waals surface area (Å²) in [5, 5.41) is 20.4. The lowest BCUT2D eigenvalue weighted by atomic mass is 9.70. The van der Waals surface area contributed by atoms with E-state index in [9.17, 15) is 10.2 Å². The van der Waals surface area contributed by atoms with E-state index in [4.69, 9.17) is 0 Å². The van der Waals surface area contributed by atoms with E-state index in [1.54, 1.807) is 0 Å². The molecule has 0 saturated heterocycles. The van der Waals surface area contributed by atoms with Gasteiger partial charge in [-0.2, -0.15) is 0 Å². The smallest absolute Gasteiger partial charge is 0.161 e. The van der Waals surface area contributed by atoms with E-state index in [-0.39, 0.29) is 11.5 Å². The van der Waals surface area contributed by atoms with Gasteiger partial charge in [-0.25, -0.2) is 0 Å². The molecule has 1 aromatic carbocycles. The van der Waals surface area contributed by atoms with E-state index >= 15 is 0 Å². The molecule has 3 atom stereocenters. The molecule has 1 aromatic rings. The molecule has 0 saturated carbocycles. The zero-order valence-electron chi connectivity index (χ0n) is 14.6. The van der Waals surface area contributed by atoms with Crippen molar-refractivity contribution in [1.29, 1.82) is 0 Å². The molecule has 2 rings (SSSR count). The van der Waals surface area contributed by atoms with Crippen molar-refractivity contribution in [1.82, 2.24) is 0 Å². The van der Waals surface area contributed by atoms with Crippen molar-refractivity contribution in [2.24, 2.45) is 5.92 Å². The second-order valence-corrected chi connectivity index (χ2v) is 7.31. The fourth-order valence-corrected chi connectivity index (χ4v) is 3.81. The Morgan fingerprint density at radius 2 is 1.95 bits per heavy atom. The van der Waals surface area contributed by atoms with Gasteiger partial charge in [0.2, 0.25) is 0 Å². The molecule has 0 amide bonds. The Labute approximate surface area is 134 Å². The highest BCUT2D eigenvalue weighted by molar-refractivity contribution is 5.56. The molecule has 0 heterocycles. The van der Waals surface area contributed by atoms with Crippen LogP contribution < -0.4 is 0 Å². The molecular formula is C20H30O2. The molecule has 0 aliphatic heterocycles. The average Bonchev–Trinajstić information content (AvgIpc) is 2.44. The van der Waals surface area contributed by atoms with Gasteiger partial charge in [-0.3, -0.25) is 0 Å². The summed E-state index contributed by atoms with van der Waals surface area (Å²) in [5.74, 6) is 1.57. The van der Waals surface area contributed by atoms with Crippen molar-refractivity contribution in [3.63, 3.8) is 0 Å². The zero-order chi connectivity index (χ0) is 16.4. The second-order valence-electron chi connectivity index (χ2n) is 7.31. The topological polar surface area (TPSA) is 40.5 Å². The third kappa shape index (κ3) is 3.31. The Hall–Kier alpha value is -1.44. The molecule has 22 heavy (non-hydrogen) atoms. The quantitative estimate of drug-likeness (QED) is 0.547. The molecule has 0 aromatic heterocycles. The standard InChI is InChI=1S/C20H30O2/c1-12(2)7-6-8-13(3)16-10-9-14(4)18-17(16)11-15(5)19(21)20(18)22/h7,11,13-14,16,21-22H,6,8-10H2,1-5H3/t13?,14?,16-/m0/s1. The molecule has 1 aliphatic carbocycles. The Bertz CT molecular complexity index is 568. The summed E-state index contributed by atoms with van der Waals surface area (Å²) in [4.78, 5) is 0. The molecule has 0 spiro atoms. The summed E-state index contributed by atoms with van der Waals surface area (Å²) >= 11 is 0.